The highest BCUT2D eigenvalue weighted by atomic mass is 32.2. The van der Waals surface area contributed by atoms with Gasteiger partial charge in [-0.05, 0) is 24.2 Å². The Morgan fingerprint density at radius 2 is 2.05 bits per heavy atom. The van der Waals surface area contributed by atoms with Crippen LogP contribution >= 0.6 is 0 Å². The van der Waals surface area contributed by atoms with Crippen LogP contribution in [0.5, 0.6) is 5.75 Å². The van der Waals surface area contributed by atoms with E-state index in [1.54, 1.807) is 7.11 Å². The van der Waals surface area contributed by atoms with Crippen molar-refractivity contribution in [3.05, 3.63) is 29.3 Å². The molecule has 1 atom stereocenters. The van der Waals surface area contributed by atoms with Crippen LogP contribution in [0.15, 0.2) is 18.2 Å². The van der Waals surface area contributed by atoms with E-state index in [9.17, 15) is 12.6 Å². The molecule has 1 aromatic carbocycles. The van der Waals surface area contributed by atoms with Gasteiger partial charge >= 0.3 is 0 Å². The molecular weight excluding hydrogens is 310 g/mol. The van der Waals surface area contributed by atoms with E-state index in [4.69, 9.17) is 4.74 Å². The number of hydrogen-bond acceptors (Lipinski definition) is 5. The second kappa shape index (κ2) is 8.51. The molecule has 120 valence electrons. The second-order valence-electron chi connectivity index (χ2n) is 4.84. The molecule has 0 aromatic heterocycles. The van der Waals surface area contributed by atoms with Crippen molar-refractivity contribution in [2.24, 2.45) is 0 Å². The second-order valence-corrected chi connectivity index (χ2v) is 8.68. The van der Waals surface area contributed by atoms with Gasteiger partial charge in [-0.3, -0.25) is 4.21 Å². The fourth-order valence-electron chi connectivity index (χ4n) is 1.81. The highest BCUT2D eigenvalue weighted by Gasteiger charge is 2.11. The summed E-state index contributed by atoms with van der Waals surface area (Å²) in [6.45, 7) is 3.65. The van der Waals surface area contributed by atoms with Crippen LogP contribution in [0.25, 0.3) is 0 Å². The van der Waals surface area contributed by atoms with E-state index in [0.717, 1.165) is 30.5 Å². The quantitative estimate of drug-likeness (QED) is 0.732. The summed E-state index contributed by atoms with van der Waals surface area (Å²) in [5.74, 6) is 1.08. The van der Waals surface area contributed by atoms with Gasteiger partial charge in [-0.25, -0.2) is 8.42 Å². The molecule has 5 nitrogen and oxygen atoms in total. The first kappa shape index (κ1) is 18.1. The first-order valence-corrected chi connectivity index (χ1v) is 10.3. The molecule has 0 amide bonds. The van der Waals surface area contributed by atoms with Crippen molar-refractivity contribution >= 4 is 20.6 Å². The standard InChI is InChI=1S/C14H23NO4S2/c1-4-15-10-12-5-6-14(19-2)13(9-12)11-20(16)7-8-21(3,17)18/h5-6,9,15H,4,7-8,10-11H2,1-3H3. The summed E-state index contributed by atoms with van der Waals surface area (Å²) in [6, 6.07) is 5.78. The third-order valence-electron chi connectivity index (χ3n) is 2.92. The highest BCUT2D eigenvalue weighted by Crippen LogP contribution is 2.21. The van der Waals surface area contributed by atoms with Gasteiger partial charge in [0.1, 0.15) is 15.6 Å². The van der Waals surface area contributed by atoms with Crippen molar-refractivity contribution in [3.8, 4) is 5.75 Å². The SMILES string of the molecule is CCNCc1ccc(OC)c(CS(=O)CCS(C)(=O)=O)c1. The molecule has 1 N–H and O–H groups in total. The van der Waals surface area contributed by atoms with Crippen molar-refractivity contribution in [2.45, 2.75) is 19.2 Å². The molecule has 1 aromatic rings. The lowest BCUT2D eigenvalue weighted by Crippen LogP contribution is -2.14. The van der Waals surface area contributed by atoms with E-state index in [1.165, 1.54) is 0 Å². The van der Waals surface area contributed by atoms with Gasteiger partial charge < -0.3 is 10.1 Å². The number of benzene rings is 1. The van der Waals surface area contributed by atoms with Gasteiger partial charge in [0.25, 0.3) is 0 Å². The molecule has 0 aliphatic heterocycles. The predicted molar refractivity (Wildman–Crippen MR) is 86.8 cm³/mol. The van der Waals surface area contributed by atoms with Gasteiger partial charge in [-0.15, -0.1) is 0 Å². The number of ether oxygens (including phenoxy) is 1. The Morgan fingerprint density at radius 1 is 1.33 bits per heavy atom. The summed E-state index contributed by atoms with van der Waals surface area (Å²) >= 11 is 0. The van der Waals surface area contributed by atoms with Gasteiger partial charge in [0.2, 0.25) is 0 Å². The minimum atomic E-state index is -3.08. The first-order valence-electron chi connectivity index (χ1n) is 6.75. The molecule has 0 fully saturated rings. The summed E-state index contributed by atoms with van der Waals surface area (Å²) in [7, 11) is -2.73. The number of nitrogens with one attached hydrogen (secondary N) is 1. The van der Waals surface area contributed by atoms with Crippen LogP contribution in [0.3, 0.4) is 0 Å². The van der Waals surface area contributed by atoms with Crippen molar-refractivity contribution < 1.29 is 17.4 Å². The molecule has 0 spiro atoms. The lowest BCUT2D eigenvalue weighted by molar-refractivity contribution is 0.411. The van der Waals surface area contributed by atoms with Gasteiger partial charge in [-0.1, -0.05) is 13.0 Å². The van der Waals surface area contributed by atoms with Crippen LogP contribution in [0.1, 0.15) is 18.1 Å². The number of sulfone groups is 1. The molecule has 1 rings (SSSR count). The van der Waals surface area contributed by atoms with Gasteiger partial charge in [0, 0.05) is 34.9 Å². The Labute approximate surface area is 129 Å². The Bertz CT molecular complexity index is 585. The van der Waals surface area contributed by atoms with Crippen LogP contribution in [0.4, 0.5) is 0 Å². The smallest absolute Gasteiger partial charge is 0.148 e. The molecule has 0 aliphatic carbocycles. The molecule has 0 aliphatic rings. The summed E-state index contributed by atoms with van der Waals surface area (Å²) in [5, 5.41) is 3.23. The molecule has 7 heteroatoms. The zero-order valence-electron chi connectivity index (χ0n) is 12.7. The number of hydrogen-bond donors (Lipinski definition) is 1. The number of rotatable bonds is 9. The molecule has 0 bridgehead atoms. The lowest BCUT2D eigenvalue weighted by Gasteiger charge is -2.11. The predicted octanol–water partition coefficient (Wildman–Crippen LogP) is 1.10. The Hall–Kier alpha value is -0.920. The average Bonchev–Trinajstić information content (AvgIpc) is 2.42. The average molecular weight is 333 g/mol. The molecule has 0 saturated heterocycles. The normalized spacial score (nSPS) is 13.1. The van der Waals surface area contributed by atoms with Crippen molar-refractivity contribution in [3.63, 3.8) is 0 Å². The van der Waals surface area contributed by atoms with Crippen LogP contribution in [-0.2, 0) is 32.9 Å². The van der Waals surface area contributed by atoms with Crippen molar-refractivity contribution in [1.82, 2.24) is 5.32 Å². The summed E-state index contributed by atoms with van der Waals surface area (Å²) in [6.07, 6.45) is 1.15. The lowest BCUT2D eigenvalue weighted by atomic mass is 10.1. The fraction of sp³-hybridized carbons (Fsp3) is 0.571. The van der Waals surface area contributed by atoms with E-state index in [2.05, 4.69) is 5.32 Å². The Kier molecular flexibility index (Phi) is 7.34. The Balaban J connectivity index is 2.77. The third kappa shape index (κ3) is 7.06. The summed E-state index contributed by atoms with van der Waals surface area (Å²) in [4.78, 5) is 0. The molecule has 1 unspecified atom stereocenters. The van der Waals surface area contributed by atoms with Crippen molar-refractivity contribution in [2.75, 3.05) is 31.4 Å². The van der Waals surface area contributed by atoms with Crippen LogP contribution in [-0.4, -0.2) is 44.0 Å². The molecule has 0 radical (unpaired) electrons. The maximum Gasteiger partial charge on any atom is 0.148 e. The summed E-state index contributed by atoms with van der Waals surface area (Å²) < 4.78 is 39.5. The molecule has 21 heavy (non-hydrogen) atoms. The monoisotopic (exact) mass is 333 g/mol. The van der Waals surface area contributed by atoms with Gasteiger partial charge in [-0.2, -0.15) is 0 Å². The molecule has 0 saturated carbocycles. The zero-order valence-corrected chi connectivity index (χ0v) is 14.4. The largest absolute Gasteiger partial charge is 0.496 e. The highest BCUT2D eigenvalue weighted by molar-refractivity contribution is 7.92. The van der Waals surface area contributed by atoms with Crippen molar-refractivity contribution in [1.29, 1.82) is 0 Å². The maximum absolute atomic E-state index is 12.0. The van der Waals surface area contributed by atoms with E-state index in [1.807, 2.05) is 25.1 Å². The Morgan fingerprint density at radius 3 is 2.62 bits per heavy atom. The fourth-order valence-corrected chi connectivity index (χ4v) is 4.49. The van der Waals surface area contributed by atoms with Crippen LogP contribution < -0.4 is 10.1 Å². The summed E-state index contributed by atoms with van der Waals surface area (Å²) in [5.41, 5.74) is 1.94. The topological polar surface area (TPSA) is 72.5 Å². The van der Waals surface area contributed by atoms with E-state index < -0.39 is 20.6 Å². The van der Waals surface area contributed by atoms with Crippen LogP contribution in [0.2, 0.25) is 0 Å². The van der Waals surface area contributed by atoms with Crippen LogP contribution in [0, 0.1) is 0 Å². The zero-order chi connectivity index (χ0) is 15.9. The number of methoxy groups -OCH3 is 1. The van der Waals surface area contributed by atoms with E-state index >= 15 is 0 Å². The van der Waals surface area contributed by atoms with Gasteiger partial charge in [0.15, 0.2) is 0 Å². The molecule has 0 heterocycles. The maximum atomic E-state index is 12.0. The van der Waals surface area contributed by atoms with Gasteiger partial charge in [0.05, 0.1) is 18.6 Å². The van der Waals surface area contributed by atoms with E-state index in [0.29, 0.717) is 11.5 Å². The minimum absolute atomic E-state index is 0.0565. The molecular formula is C14H23NO4S2. The third-order valence-corrected chi connectivity index (χ3v) is 5.42. The van der Waals surface area contributed by atoms with E-state index in [-0.39, 0.29) is 11.5 Å². The minimum Gasteiger partial charge on any atom is -0.496 e. The first-order chi connectivity index (χ1) is 9.85.